The molecule has 3 aromatic carbocycles. The summed E-state index contributed by atoms with van der Waals surface area (Å²) in [4.78, 5) is 40.2. The van der Waals surface area contributed by atoms with Gasteiger partial charge in [-0.15, -0.1) is 0 Å². The number of hydrogen-bond acceptors (Lipinski definition) is 6. The summed E-state index contributed by atoms with van der Waals surface area (Å²) in [7, 11) is 0. The molecule has 4 aromatic rings. The van der Waals surface area contributed by atoms with E-state index in [9.17, 15) is 14.4 Å². The van der Waals surface area contributed by atoms with E-state index in [2.05, 4.69) is 22.4 Å². The van der Waals surface area contributed by atoms with E-state index in [1.54, 1.807) is 12.1 Å². The average Bonchev–Trinajstić information content (AvgIpc) is 3.41. The number of ether oxygens (including phenoxy) is 1. The second-order valence-electron chi connectivity index (χ2n) is 10.1. The molecule has 0 bridgehead atoms. The number of carboxylic acid groups (broad SMARTS) is 2. The van der Waals surface area contributed by atoms with Crippen LogP contribution >= 0.6 is 0 Å². The number of nitrogens with one attached hydrogen (secondary N) is 1. The highest BCUT2D eigenvalue weighted by atomic mass is 16.5. The van der Waals surface area contributed by atoms with Gasteiger partial charge in [-0.05, 0) is 66.3 Å². The standard InChI is InChI=1S/C32H30N2O7/c35-29(33-24-15-13-22(14-16-24)21-7-3-1-4-8-21)27-26(41-30(34-27)23-9-5-2-6-10-23)19-20-11-17-25(18-12-20)40-28(31(36)37)32(38)39/h2,5-6,9-18,21,28H,1,3-4,7-8,19H2,(H,33,35)(H,36,37)(H,38,39). The molecule has 0 unspecified atom stereocenters. The Bertz CT molecular complexity index is 1490. The Labute approximate surface area is 236 Å². The second-order valence-corrected chi connectivity index (χ2v) is 10.1. The maximum Gasteiger partial charge on any atom is 0.356 e. The van der Waals surface area contributed by atoms with Crippen LogP contribution in [0.2, 0.25) is 0 Å². The van der Waals surface area contributed by atoms with Crippen molar-refractivity contribution in [1.82, 2.24) is 4.98 Å². The van der Waals surface area contributed by atoms with Gasteiger partial charge in [0, 0.05) is 17.7 Å². The lowest BCUT2D eigenvalue weighted by Crippen LogP contribution is -2.35. The van der Waals surface area contributed by atoms with Crippen molar-refractivity contribution < 1.29 is 33.8 Å². The molecule has 0 saturated heterocycles. The Morgan fingerprint density at radius 1 is 0.878 bits per heavy atom. The van der Waals surface area contributed by atoms with Gasteiger partial charge in [0.25, 0.3) is 12.0 Å². The van der Waals surface area contributed by atoms with E-state index in [0.29, 0.717) is 23.3 Å². The molecule has 1 aliphatic rings. The molecule has 1 saturated carbocycles. The van der Waals surface area contributed by atoms with Crippen LogP contribution in [0.15, 0.2) is 83.3 Å². The van der Waals surface area contributed by atoms with E-state index in [-0.39, 0.29) is 17.9 Å². The van der Waals surface area contributed by atoms with Gasteiger partial charge in [0.2, 0.25) is 5.89 Å². The Balaban J connectivity index is 1.35. The van der Waals surface area contributed by atoms with Gasteiger partial charge in [-0.25, -0.2) is 14.6 Å². The summed E-state index contributed by atoms with van der Waals surface area (Å²) in [5.74, 6) is -2.29. The Kier molecular flexibility index (Phi) is 8.43. The Hall–Kier alpha value is -4.92. The van der Waals surface area contributed by atoms with Crippen molar-refractivity contribution in [3.8, 4) is 17.2 Å². The van der Waals surface area contributed by atoms with Crippen LogP contribution < -0.4 is 10.1 Å². The third-order valence-electron chi connectivity index (χ3n) is 7.17. The summed E-state index contributed by atoms with van der Waals surface area (Å²) in [6.45, 7) is 0. The zero-order valence-corrected chi connectivity index (χ0v) is 22.3. The number of carbonyl (C=O) groups excluding carboxylic acids is 1. The first-order valence-corrected chi connectivity index (χ1v) is 13.5. The monoisotopic (exact) mass is 554 g/mol. The molecule has 0 spiro atoms. The van der Waals surface area contributed by atoms with Crippen LogP contribution in [0.5, 0.6) is 5.75 Å². The number of rotatable bonds is 10. The van der Waals surface area contributed by atoms with Crippen LogP contribution in [0.3, 0.4) is 0 Å². The van der Waals surface area contributed by atoms with Crippen molar-refractivity contribution in [2.75, 3.05) is 5.32 Å². The number of amides is 1. The molecule has 1 fully saturated rings. The maximum absolute atomic E-state index is 13.4. The summed E-state index contributed by atoms with van der Waals surface area (Å²) in [6, 6.07) is 23.5. The van der Waals surface area contributed by atoms with Crippen LogP contribution in [-0.4, -0.2) is 39.1 Å². The number of anilines is 1. The fourth-order valence-corrected chi connectivity index (χ4v) is 5.03. The molecule has 210 valence electrons. The fourth-order valence-electron chi connectivity index (χ4n) is 5.03. The van der Waals surface area contributed by atoms with Crippen molar-refractivity contribution in [1.29, 1.82) is 0 Å². The molecule has 0 aliphatic heterocycles. The minimum Gasteiger partial charge on any atom is -0.478 e. The van der Waals surface area contributed by atoms with E-state index in [1.807, 2.05) is 42.5 Å². The van der Waals surface area contributed by atoms with Gasteiger partial charge < -0.3 is 24.7 Å². The van der Waals surface area contributed by atoms with Gasteiger partial charge in [0.15, 0.2) is 5.69 Å². The van der Waals surface area contributed by atoms with Gasteiger partial charge in [-0.1, -0.05) is 61.7 Å². The zero-order chi connectivity index (χ0) is 28.8. The first kappa shape index (κ1) is 27.6. The van der Waals surface area contributed by atoms with Crippen molar-refractivity contribution >= 4 is 23.5 Å². The third kappa shape index (κ3) is 6.81. The van der Waals surface area contributed by atoms with Gasteiger partial charge >= 0.3 is 11.9 Å². The minimum absolute atomic E-state index is 0.0840. The third-order valence-corrected chi connectivity index (χ3v) is 7.17. The number of aliphatic carboxylic acids is 2. The van der Waals surface area contributed by atoms with E-state index >= 15 is 0 Å². The van der Waals surface area contributed by atoms with Crippen molar-refractivity contribution in [2.24, 2.45) is 0 Å². The molecule has 41 heavy (non-hydrogen) atoms. The highest BCUT2D eigenvalue weighted by molar-refractivity contribution is 6.04. The predicted octanol–water partition coefficient (Wildman–Crippen LogP) is 6.15. The summed E-state index contributed by atoms with van der Waals surface area (Å²) in [5, 5.41) is 21.0. The van der Waals surface area contributed by atoms with Gasteiger partial charge in [-0.2, -0.15) is 0 Å². The van der Waals surface area contributed by atoms with Crippen molar-refractivity contribution in [2.45, 2.75) is 50.5 Å². The van der Waals surface area contributed by atoms with E-state index in [4.69, 9.17) is 19.4 Å². The Morgan fingerprint density at radius 3 is 2.17 bits per heavy atom. The number of aromatic nitrogens is 1. The molecule has 0 atom stereocenters. The first-order chi connectivity index (χ1) is 19.9. The lowest BCUT2D eigenvalue weighted by molar-refractivity contribution is -0.159. The number of hydrogen-bond donors (Lipinski definition) is 3. The smallest absolute Gasteiger partial charge is 0.356 e. The number of carboxylic acids is 2. The molecule has 1 heterocycles. The number of nitrogens with zero attached hydrogens (tertiary/aromatic N) is 1. The molecule has 1 amide bonds. The molecule has 0 radical (unpaired) electrons. The number of benzene rings is 3. The van der Waals surface area contributed by atoms with Crippen LogP contribution in [0.25, 0.3) is 11.5 Å². The van der Waals surface area contributed by atoms with E-state index in [1.165, 1.54) is 49.8 Å². The van der Waals surface area contributed by atoms with Gasteiger partial charge in [0.1, 0.15) is 11.5 Å². The van der Waals surface area contributed by atoms with Crippen LogP contribution in [0, 0.1) is 0 Å². The van der Waals surface area contributed by atoms with Crippen molar-refractivity contribution in [3.63, 3.8) is 0 Å². The lowest BCUT2D eigenvalue weighted by atomic mass is 9.84. The van der Waals surface area contributed by atoms with Crippen LogP contribution in [0.1, 0.15) is 65.4 Å². The zero-order valence-electron chi connectivity index (χ0n) is 22.3. The number of carbonyl (C=O) groups is 3. The fraction of sp³-hybridized carbons (Fsp3) is 0.250. The highest BCUT2D eigenvalue weighted by Crippen LogP contribution is 2.33. The molecule has 9 heteroatoms. The van der Waals surface area contributed by atoms with E-state index < -0.39 is 23.9 Å². The minimum atomic E-state index is -2.02. The molecule has 3 N–H and O–H groups in total. The highest BCUT2D eigenvalue weighted by Gasteiger charge is 2.28. The SMILES string of the molecule is O=C(Nc1ccc(C2CCCCC2)cc1)c1nc(-c2ccccc2)oc1Cc1ccc(OC(C(=O)O)C(=O)O)cc1. The normalized spacial score (nSPS) is 13.6. The van der Waals surface area contributed by atoms with Crippen molar-refractivity contribution in [3.05, 3.63) is 101 Å². The molecule has 9 nitrogen and oxygen atoms in total. The predicted molar refractivity (Wildman–Crippen MR) is 151 cm³/mol. The quantitative estimate of drug-likeness (QED) is 0.198. The molecule has 1 aromatic heterocycles. The van der Waals surface area contributed by atoms with Crippen LogP contribution in [0.4, 0.5) is 5.69 Å². The molecule has 5 rings (SSSR count). The first-order valence-electron chi connectivity index (χ1n) is 13.5. The van der Waals surface area contributed by atoms with Gasteiger partial charge in [0.05, 0.1) is 0 Å². The van der Waals surface area contributed by atoms with E-state index in [0.717, 1.165) is 11.1 Å². The maximum atomic E-state index is 13.4. The topological polar surface area (TPSA) is 139 Å². The summed E-state index contributed by atoms with van der Waals surface area (Å²) < 4.78 is 11.1. The second kappa shape index (κ2) is 12.5. The summed E-state index contributed by atoms with van der Waals surface area (Å²) >= 11 is 0. The molecular formula is C32H30N2O7. The largest absolute Gasteiger partial charge is 0.478 e. The number of oxazole rings is 1. The summed E-state index contributed by atoms with van der Waals surface area (Å²) in [5.41, 5.74) is 3.56. The average molecular weight is 555 g/mol. The van der Waals surface area contributed by atoms with Crippen LogP contribution in [-0.2, 0) is 16.0 Å². The summed E-state index contributed by atoms with van der Waals surface area (Å²) in [6.07, 6.45) is 4.39. The molecule has 1 aliphatic carbocycles. The Morgan fingerprint density at radius 2 is 1.54 bits per heavy atom. The lowest BCUT2D eigenvalue weighted by Gasteiger charge is -2.22. The van der Waals surface area contributed by atoms with Gasteiger partial charge in [-0.3, -0.25) is 4.79 Å². The molecular weight excluding hydrogens is 524 g/mol.